The number of amides is 1. The maximum Gasteiger partial charge on any atom is 0.327 e. The van der Waals surface area contributed by atoms with Gasteiger partial charge in [0.25, 0.3) is 5.91 Å². The van der Waals surface area contributed by atoms with E-state index in [-0.39, 0.29) is 11.6 Å². The fourth-order valence-electron chi connectivity index (χ4n) is 1.71. The van der Waals surface area contributed by atoms with Crippen molar-refractivity contribution in [2.75, 3.05) is 18.2 Å². The molecule has 1 saturated heterocycles. The highest BCUT2D eigenvalue weighted by Gasteiger charge is 2.34. The van der Waals surface area contributed by atoms with Gasteiger partial charge >= 0.3 is 5.97 Å². The number of ether oxygens (including phenoxy) is 1. The first kappa shape index (κ1) is 14.6. The van der Waals surface area contributed by atoms with Crippen molar-refractivity contribution in [3.05, 3.63) is 29.8 Å². The van der Waals surface area contributed by atoms with Crippen LogP contribution in [-0.2, 0) is 9.59 Å². The highest BCUT2D eigenvalue weighted by atomic mass is 32.2. The molecule has 5 nitrogen and oxygen atoms in total. The molecule has 108 valence electrons. The third-order valence-corrected chi connectivity index (χ3v) is 3.74. The Hall–Kier alpha value is -1.83. The predicted octanol–water partition coefficient (Wildman–Crippen LogP) is 1.33. The van der Waals surface area contributed by atoms with Crippen LogP contribution in [0, 0.1) is 11.6 Å². The SMILES string of the molecule is O=C(O)C1CSCN1C(=O)COc1ccc(F)cc1F. The summed E-state index contributed by atoms with van der Waals surface area (Å²) in [6.45, 7) is -0.493. The normalized spacial score (nSPS) is 18.1. The molecule has 20 heavy (non-hydrogen) atoms. The number of aliphatic carboxylic acids is 1. The van der Waals surface area contributed by atoms with Crippen LogP contribution < -0.4 is 4.74 Å². The second kappa shape index (κ2) is 6.08. The van der Waals surface area contributed by atoms with Gasteiger partial charge in [0.2, 0.25) is 0 Å². The minimum atomic E-state index is -1.09. The van der Waals surface area contributed by atoms with Crippen molar-refractivity contribution in [3.63, 3.8) is 0 Å². The Bertz CT molecular complexity index is 540. The number of rotatable bonds is 4. The van der Waals surface area contributed by atoms with E-state index < -0.39 is 36.2 Å². The molecule has 0 spiro atoms. The van der Waals surface area contributed by atoms with Gasteiger partial charge in [0.15, 0.2) is 18.2 Å². The number of carbonyl (C=O) groups is 2. The minimum Gasteiger partial charge on any atom is -0.481 e. The molecule has 8 heteroatoms. The molecular weight excluding hydrogens is 292 g/mol. The summed E-state index contributed by atoms with van der Waals surface area (Å²) < 4.78 is 30.9. The van der Waals surface area contributed by atoms with Crippen molar-refractivity contribution in [3.8, 4) is 5.75 Å². The zero-order valence-electron chi connectivity index (χ0n) is 10.2. The van der Waals surface area contributed by atoms with Crippen LogP contribution in [0.3, 0.4) is 0 Å². The molecule has 1 aromatic carbocycles. The number of thioether (sulfide) groups is 1. The van der Waals surface area contributed by atoms with E-state index >= 15 is 0 Å². The molecule has 1 atom stereocenters. The number of carbonyl (C=O) groups excluding carboxylic acids is 1. The maximum atomic E-state index is 13.3. The van der Waals surface area contributed by atoms with Gasteiger partial charge in [-0.05, 0) is 12.1 Å². The van der Waals surface area contributed by atoms with Crippen LogP contribution in [0.5, 0.6) is 5.75 Å². The molecule has 0 aromatic heterocycles. The largest absolute Gasteiger partial charge is 0.481 e. The second-order valence-electron chi connectivity index (χ2n) is 4.08. The van der Waals surface area contributed by atoms with Crippen molar-refractivity contribution in [1.82, 2.24) is 4.90 Å². The number of hydrogen-bond donors (Lipinski definition) is 1. The molecule has 1 aliphatic rings. The predicted molar refractivity (Wildman–Crippen MR) is 67.4 cm³/mol. The lowest BCUT2D eigenvalue weighted by molar-refractivity contribution is -0.148. The third kappa shape index (κ3) is 3.19. The number of hydrogen-bond acceptors (Lipinski definition) is 4. The number of carboxylic acids is 1. The second-order valence-corrected chi connectivity index (χ2v) is 5.08. The Morgan fingerprint density at radius 3 is 2.85 bits per heavy atom. The lowest BCUT2D eigenvalue weighted by Gasteiger charge is -2.20. The molecule has 1 fully saturated rings. The molecule has 1 heterocycles. The first-order valence-electron chi connectivity index (χ1n) is 5.67. The highest BCUT2D eigenvalue weighted by Crippen LogP contribution is 2.22. The van der Waals surface area contributed by atoms with Gasteiger partial charge in [0, 0.05) is 11.8 Å². The Balaban J connectivity index is 1.96. The van der Waals surface area contributed by atoms with Gasteiger partial charge in [-0.1, -0.05) is 0 Å². The Labute approximate surface area is 117 Å². The first-order chi connectivity index (χ1) is 9.49. The van der Waals surface area contributed by atoms with Gasteiger partial charge in [0.1, 0.15) is 11.9 Å². The first-order valence-corrected chi connectivity index (χ1v) is 6.82. The quantitative estimate of drug-likeness (QED) is 0.909. The van der Waals surface area contributed by atoms with Gasteiger partial charge in [-0.25, -0.2) is 13.6 Å². The van der Waals surface area contributed by atoms with Gasteiger partial charge in [-0.2, -0.15) is 0 Å². The third-order valence-electron chi connectivity index (χ3n) is 2.73. The van der Waals surface area contributed by atoms with E-state index in [1.165, 1.54) is 11.8 Å². The summed E-state index contributed by atoms with van der Waals surface area (Å²) in [6, 6.07) is 1.83. The summed E-state index contributed by atoms with van der Waals surface area (Å²) in [7, 11) is 0. The average molecular weight is 303 g/mol. The fourth-order valence-corrected chi connectivity index (χ4v) is 2.88. The Morgan fingerprint density at radius 2 is 2.20 bits per heavy atom. The summed E-state index contributed by atoms with van der Waals surface area (Å²) in [5.41, 5.74) is 0. The van der Waals surface area contributed by atoms with E-state index in [9.17, 15) is 18.4 Å². The molecule has 1 N–H and O–H groups in total. The van der Waals surface area contributed by atoms with Crippen LogP contribution >= 0.6 is 11.8 Å². The zero-order chi connectivity index (χ0) is 14.7. The van der Waals surface area contributed by atoms with Crippen LogP contribution in [0.1, 0.15) is 0 Å². The van der Waals surface area contributed by atoms with Crippen LogP contribution in [0.4, 0.5) is 8.78 Å². The summed E-state index contributed by atoms with van der Waals surface area (Å²) in [5.74, 6) is -2.98. The molecule has 1 aromatic rings. The fraction of sp³-hybridized carbons (Fsp3) is 0.333. The highest BCUT2D eigenvalue weighted by molar-refractivity contribution is 7.99. The van der Waals surface area contributed by atoms with Gasteiger partial charge in [-0.3, -0.25) is 4.79 Å². The molecular formula is C12H11F2NO4S. The van der Waals surface area contributed by atoms with Crippen LogP contribution in [-0.4, -0.2) is 46.2 Å². The molecule has 0 saturated carbocycles. The van der Waals surface area contributed by atoms with E-state index in [0.717, 1.165) is 17.0 Å². The average Bonchev–Trinajstić information content (AvgIpc) is 2.86. The zero-order valence-corrected chi connectivity index (χ0v) is 11.0. The van der Waals surface area contributed by atoms with Crippen molar-refractivity contribution < 1.29 is 28.2 Å². The van der Waals surface area contributed by atoms with Crippen molar-refractivity contribution in [2.45, 2.75) is 6.04 Å². The summed E-state index contributed by atoms with van der Waals surface area (Å²) in [6.07, 6.45) is 0. The van der Waals surface area contributed by atoms with Gasteiger partial charge in [-0.15, -0.1) is 11.8 Å². The Morgan fingerprint density at radius 1 is 1.45 bits per heavy atom. The van der Waals surface area contributed by atoms with E-state index in [0.29, 0.717) is 11.8 Å². The maximum absolute atomic E-state index is 13.3. The smallest absolute Gasteiger partial charge is 0.327 e. The number of benzene rings is 1. The van der Waals surface area contributed by atoms with E-state index in [2.05, 4.69) is 0 Å². The standard InChI is InChI=1S/C12H11F2NO4S/c13-7-1-2-10(8(14)3-7)19-4-11(16)15-6-20-5-9(15)12(17)18/h1-3,9H,4-6H2,(H,17,18). The van der Waals surface area contributed by atoms with Crippen molar-refractivity contribution in [2.24, 2.45) is 0 Å². The lowest BCUT2D eigenvalue weighted by atomic mass is 10.3. The topological polar surface area (TPSA) is 66.8 Å². The van der Waals surface area contributed by atoms with Crippen molar-refractivity contribution in [1.29, 1.82) is 0 Å². The molecule has 1 amide bonds. The molecule has 1 aliphatic heterocycles. The summed E-state index contributed by atoms with van der Waals surface area (Å²) in [5, 5.41) is 8.94. The van der Waals surface area contributed by atoms with Crippen LogP contribution in [0.15, 0.2) is 18.2 Å². The molecule has 0 radical (unpaired) electrons. The van der Waals surface area contributed by atoms with Crippen molar-refractivity contribution >= 4 is 23.6 Å². The van der Waals surface area contributed by atoms with E-state index in [1.54, 1.807) is 0 Å². The van der Waals surface area contributed by atoms with E-state index in [4.69, 9.17) is 9.84 Å². The number of nitrogens with zero attached hydrogens (tertiary/aromatic N) is 1. The Kier molecular flexibility index (Phi) is 4.43. The van der Waals surface area contributed by atoms with Gasteiger partial charge < -0.3 is 14.7 Å². The van der Waals surface area contributed by atoms with Crippen LogP contribution in [0.25, 0.3) is 0 Å². The molecule has 2 rings (SSSR count). The van der Waals surface area contributed by atoms with Gasteiger partial charge in [0.05, 0.1) is 5.88 Å². The van der Waals surface area contributed by atoms with E-state index in [1.807, 2.05) is 0 Å². The number of halogens is 2. The monoisotopic (exact) mass is 303 g/mol. The molecule has 0 bridgehead atoms. The summed E-state index contributed by atoms with van der Waals surface area (Å²) >= 11 is 1.32. The molecule has 1 unspecified atom stereocenters. The summed E-state index contributed by atoms with van der Waals surface area (Å²) in [4.78, 5) is 23.9. The van der Waals surface area contributed by atoms with Crippen LogP contribution in [0.2, 0.25) is 0 Å². The molecule has 0 aliphatic carbocycles. The number of carboxylic acid groups (broad SMARTS) is 1. The lowest BCUT2D eigenvalue weighted by Crippen LogP contribution is -2.43. The minimum absolute atomic E-state index is 0.251.